The third kappa shape index (κ3) is 2.08. The van der Waals surface area contributed by atoms with Crippen molar-refractivity contribution in [2.24, 2.45) is 0 Å². The monoisotopic (exact) mass is 283 g/mol. The minimum atomic E-state index is -0.743. The van der Waals surface area contributed by atoms with Gasteiger partial charge in [0.25, 0.3) is 0 Å². The maximum Gasteiger partial charge on any atom is 0.305 e. The molecule has 1 atom stereocenters. The molecule has 0 aliphatic carbocycles. The van der Waals surface area contributed by atoms with Crippen molar-refractivity contribution in [2.45, 2.75) is 38.6 Å². The van der Waals surface area contributed by atoms with E-state index < -0.39 is 5.97 Å². The molecule has 1 aliphatic heterocycles. The van der Waals surface area contributed by atoms with Crippen LogP contribution in [0.3, 0.4) is 0 Å². The zero-order chi connectivity index (χ0) is 15.2. The number of carbonyl (C=O) groups is 1. The molecular formula is C18H21NO2. The van der Waals surface area contributed by atoms with Crippen LogP contribution < -0.4 is 4.90 Å². The van der Waals surface area contributed by atoms with E-state index >= 15 is 0 Å². The predicted molar refractivity (Wildman–Crippen MR) is 86.0 cm³/mol. The lowest BCUT2D eigenvalue weighted by molar-refractivity contribution is -0.136. The van der Waals surface area contributed by atoms with E-state index in [0.717, 1.165) is 0 Å². The maximum absolute atomic E-state index is 10.9. The van der Waals surface area contributed by atoms with Gasteiger partial charge in [-0.3, -0.25) is 4.79 Å². The summed E-state index contributed by atoms with van der Waals surface area (Å²) in [6.07, 6.45) is 0.169. The van der Waals surface area contributed by atoms with Crippen LogP contribution in [0.1, 0.15) is 38.7 Å². The van der Waals surface area contributed by atoms with E-state index in [9.17, 15) is 4.79 Å². The first-order valence-electron chi connectivity index (χ1n) is 7.44. The molecule has 1 heterocycles. The van der Waals surface area contributed by atoms with Crippen molar-refractivity contribution in [1.29, 1.82) is 0 Å². The Morgan fingerprint density at radius 2 is 1.95 bits per heavy atom. The smallest absolute Gasteiger partial charge is 0.305 e. The number of benzene rings is 2. The molecule has 1 unspecified atom stereocenters. The summed E-state index contributed by atoms with van der Waals surface area (Å²) >= 11 is 0. The Bertz CT molecular complexity index is 705. The summed E-state index contributed by atoms with van der Waals surface area (Å²) in [6.45, 7) is 7.20. The van der Waals surface area contributed by atoms with E-state index in [-0.39, 0.29) is 12.0 Å². The average molecular weight is 283 g/mol. The van der Waals surface area contributed by atoms with Crippen molar-refractivity contribution >= 4 is 22.4 Å². The quantitative estimate of drug-likeness (QED) is 0.925. The van der Waals surface area contributed by atoms with E-state index in [0.29, 0.717) is 12.5 Å². The van der Waals surface area contributed by atoms with Crippen molar-refractivity contribution in [3.8, 4) is 0 Å². The molecule has 1 N–H and O–H groups in total. The highest BCUT2D eigenvalue weighted by atomic mass is 16.4. The van der Waals surface area contributed by atoms with Gasteiger partial charge >= 0.3 is 5.97 Å². The molecular weight excluding hydrogens is 262 g/mol. The van der Waals surface area contributed by atoms with Crippen LogP contribution in [-0.4, -0.2) is 23.2 Å². The van der Waals surface area contributed by atoms with Crippen LogP contribution >= 0.6 is 0 Å². The molecule has 2 aromatic carbocycles. The van der Waals surface area contributed by atoms with E-state index in [2.05, 4.69) is 62.1 Å². The van der Waals surface area contributed by atoms with Gasteiger partial charge in [-0.15, -0.1) is 0 Å². The van der Waals surface area contributed by atoms with Gasteiger partial charge in [0, 0.05) is 23.7 Å². The minimum absolute atomic E-state index is 0.0676. The third-order valence-corrected chi connectivity index (χ3v) is 4.98. The number of carboxylic acids is 1. The van der Waals surface area contributed by atoms with Gasteiger partial charge in [-0.2, -0.15) is 0 Å². The molecule has 0 saturated carbocycles. The highest BCUT2D eigenvalue weighted by molar-refractivity contribution is 5.93. The second kappa shape index (κ2) is 4.76. The topological polar surface area (TPSA) is 40.5 Å². The van der Waals surface area contributed by atoms with Gasteiger partial charge < -0.3 is 10.0 Å². The molecule has 2 aromatic rings. The predicted octanol–water partition coefficient (Wildman–Crippen LogP) is 4.02. The van der Waals surface area contributed by atoms with E-state index in [1.165, 1.54) is 22.0 Å². The first-order valence-corrected chi connectivity index (χ1v) is 7.44. The SMILES string of the molecule is CC1c2c(ccc3ccccc23)N(CCC(=O)O)C1(C)C. The minimum Gasteiger partial charge on any atom is -0.481 e. The van der Waals surface area contributed by atoms with Crippen LogP contribution in [0, 0.1) is 0 Å². The Hall–Kier alpha value is -2.03. The molecule has 21 heavy (non-hydrogen) atoms. The van der Waals surface area contributed by atoms with Crippen molar-refractivity contribution in [2.75, 3.05) is 11.4 Å². The van der Waals surface area contributed by atoms with E-state index in [1.807, 2.05) is 0 Å². The summed E-state index contributed by atoms with van der Waals surface area (Å²) in [5.41, 5.74) is 2.47. The normalized spacial score (nSPS) is 19.8. The van der Waals surface area contributed by atoms with Crippen LogP contribution in [0.2, 0.25) is 0 Å². The van der Waals surface area contributed by atoms with Gasteiger partial charge in [0.15, 0.2) is 0 Å². The lowest BCUT2D eigenvalue weighted by Gasteiger charge is -2.36. The number of hydrogen-bond acceptors (Lipinski definition) is 2. The zero-order valence-corrected chi connectivity index (χ0v) is 12.8. The number of hydrogen-bond donors (Lipinski definition) is 1. The second-order valence-corrected chi connectivity index (χ2v) is 6.39. The van der Waals surface area contributed by atoms with Gasteiger partial charge in [0.2, 0.25) is 0 Å². The second-order valence-electron chi connectivity index (χ2n) is 6.39. The number of nitrogens with zero attached hydrogens (tertiary/aromatic N) is 1. The van der Waals surface area contributed by atoms with Crippen LogP contribution in [0.25, 0.3) is 10.8 Å². The number of anilines is 1. The summed E-state index contributed by atoms with van der Waals surface area (Å²) in [4.78, 5) is 13.2. The molecule has 3 rings (SSSR count). The van der Waals surface area contributed by atoms with Gasteiger partial charge in [0.05, 0.1) is 6.42 Å². The first-order chi connectivity index (χ1) is 9.93. The summed E-state index contributed by atoms with van der Waals surface area (Å²) < 4.78 is 0. The summed E-state index contributed by atoms with van der Waals surface area (Å²) in [5, 5.41) is 11.5. The lowest BCUT2D eigenvalue weighted by Crippen LogP contribution is -2.43. The standard InChI is InChI=1S/C18H21NO2/c1-12-17-14-7-5-4-6-13(14)8-9-15(17)19(18(12,2)3)11-10-16(20)21/h4-9,12H,10-11H2,1-3H3,(H,20,21). The number of fused-ring (bicyclic) bond motifs is 3. The summed E-state index contributed by atoms with van der Waals surface area (Å²) in [6, 6.07) is 12.7. The van der Waals surface area contributed by atoms with Gasteiger partial charge in [-0.05, 0) is 36.2 Å². The molecule has 3 heteroatoms. The fourth-order valence-electron chi connectivity index (χ4n) is 3.49. The largest absolute Gasteiger partial charge is 0.481 e. The Kier molecular flexibility index (Phi) is 3.16. The van der Waals surface area contributed by atoms with Crippen molar-refractivity contribution in [3.63, 3.8) is 0 Å². The summed E-state index contributed by atoms with van der Waals surface area (Å²) in [7, 11) is 0. The molecule has 3 nitrogen and oxygen atoms in total. The number of carboxylic acid groups (broad SMARTS) is 1. The Labute approximate surface area is 125 Å². The molecule has 110 valence electrons. The fourth-order valence-corrected chi connectivity index (χ4v) is 3.49. The van der Waals surface area contributed by atoms with Crippen LogP contribution in [-0.2, 0) is 4.79 Å². The number of aliphatic carboxylic acids is 1. The Balaban J connectivity index is 2.14. The molecule has 1 aliphatic rings. The number of rotatable bonds is 3. The molecule has 0 saturated heterocycles. The highest BCUT2D eigenvalue weighted by Gasteiger charge is 2.42. The Morgan fingerprint density at radius 1 is 1.24 bits per heavy atom. The Morgan fingerprint density at radius 3 is 2.67 bits per heavy atom. The highest BCUT2D eigenvalue weighted by Crippen LogP contribution is 2.49. The molecule has 0 radical (unpaired) electrons. The molecule has 0 bridgehead atoms. The fraction of sp³-hybridized carbons (Fsp3) is 0.389. The zero-order valence-electron chi connectivity index (χ0n) is 12.8. The van der Waals surface area contributed by atoms with Crippen LogP contribution in [0.5, 0.6) is 0 Å². The molecule has 0 amide bonds. The van der Waals surface area contributed by atoms with Crippen LogP contribution in [0.4, 0.5) is 5.69 Å². The first kappa shape index (κ1) is 13.9. The molecule has 0 spiro atoms. The maximum atomic E-state index is 10.9. The molecule has 0 aromatic heterocycles. The molecule has 0 fully saturated rings. The van der Waals surface area contributed by atoms with E-state index in [4.69, 9.17) is 5.11 Å². The summed E-state index contributed by atoms with van der Waals surface area (Å²) in [5.74, 6) is -0.375. The van der Waals surface area contributed by atoms with Crippen molar-refractivity contribution in [3.05, 3.63) is 42.0 Å². The lowest BCUT2D eigenvalue weighted by atomic mass is 9.85. The third-order valence-electron chi connectivity index (χ3n) is 4.98. The van der Waals surface area contributed by atoms with Gasteiger partial charge in [-0.25, -0.2) is 0 Å². The van der Waals surface area contributed by atoms with Gasteiger partial charge in [0.1, 0.15) is 0 Å². The average Bonchev–Trinajstić information content (AvgIpc) is 2.64. The van der Waals surface area contributed by atoms with Crippen molar-refractivity contribution < 1.29 is 9.90 Å². The van der Waals surface area contributed by atoms with Crippen LogP contribution in [0.15, 0.2) is 36.4 Å². The van der Waals surface area contributed by atoms with E-state index in [1.54, 1.807) is 0 Å². The van der Waals surface area contributed by atoms with Crippen molar-refractivity contribution in [1.82, 2.24) is 0 Å². The van der Waals surface area contributed by atoms with Gasteiger partial charge in [-0.1, -0.05) is 37.3 Å².